The molecule has 0 bridgehead atoms. The topological polar surface area (TPSA) is 50.4 Å². The van der Waals surface area contributed by atoms with Crippen molar-refractivity contribution in [2.75, 3.05) is 0 Å². The Hall–Kier alpha value is -2.81. The number of furan rings is 1. The quantitative estimate of drug-likeness (QED) is 0.726. The number of phenols is 1. The number of aryl methyl sites for hydroxylation is 1. The molecule has 0 saturated heterocycles. The second-order valence-electron chi connectivity index (χ2n) is 5.58. The zero-order valence-corrected chi connectivity index (χ0v) is 13.2. The van der Waals surface area contributed by atoms with E-state index in [0.717, 1.165) is 11.1 Å². The lowest BCUT2D eigenvalue weighted by atomic mass is 9.98. The highest BCUT2D eigenvalue weighted by Crippen LogP contribution is 2.28. The number of hydrogen-bond donors (Lipinski definition) is 1. The third-order valence-electron chi connectivity index (χ3n) is 4.03. The second-order valence-corrected chi connectivity index (χ2v) is 5.58. The highest BCUT2D eigenvalue weighted by molar-refractivity contribution is 6.10. The summed E-state index contributed by atoms with van der Waals surface area (Å²) in [7, 11) is 0. The third kappa shape index (κ3) is 2.90. The zero-order chi connectivity index (χ0) is 16.4. The lowest BCUT2D eigenvalue weighted by molar-refractivity contribution is 0.103. The summed E-state index contributed by atoms with van der Waals surface area (Å²) in [4.78, 5) is 12.7. The van der Waals surface area contributed by atoms with Crippen molar-refractivity contribution >= 4 is 5.78 Å². The van der Waals surface area contributed by atoms with Crippen molar-refractivity contribution < 1.29 is 14.3 Å². The van der Waals surface area contributed by atoms with E-state index >= 15 is 0 Å². The number of ketones is 1. The van der Waals surface area contributed by atoms with E-state index in [-0.39, 0.29) is 11.5 Å². The fourth-order valence-corrected chi connectivity index (χ4v) is 2.78. The molecule has 1 aromatic heterocycles. The molecule has 0 aliphatic carbocycles. The summed E-state index contributed by atoms with van der Waals surface area (Å²) in [6.07, 6.45) is 0.460. The van der Waals surface area contributed by atoms with Crippen molar-refractivity contribution in [2.45, 2.75) is 20.3 Å². The number of carbonyl (C=O) groups excluding carboxylic acids is 1. The van der Waals surface area contributed by atoms with Crippen LogP contribution in [0.1, 0.15) is 38.6 Å². The van der Waals surface area contributed by atoms with Crippen LogP contribution in [0, 0.1) is 13.8 Å². The first-order chi connectivity index (χ1) is 11.1. The minimum Gasteiger partial charge on any atom is -0.508 e. The van der Waals surface area contributed by atoms with Crippen LogP contribution in [0.15, 0.2) is 59.0 Å². The van der Waals surface area contributed by atoms with Gasteiger partial charge in [-0.1, -0.05) is 48.5 Å². The average Bonchev–Trinajstić information content (AvgIpc) is 2.84. The van der Waals surface area contributed by atoms with Crippen molar-refractivity contribution in [3.63, 3.8) is 0 Å². The Morgan fingerprint density at radius 2 is 1.65 bits per heavy atom. The first-order valence-electron chi connectivity index (χ1n) is 7.53. The molecular formula is C20H18O3. The minimum absolute atomic E-state index is 0.0344. The number of phenolic OH excluding ortho intramolecular Hbond substituents is 1. The van der Waals surface area contributed by atoms with Crippen LogP contribution in [0.5, 0.6) is 5.75 Å². The number of rotatable bonds is 4. The molecule has 116 valence electrons. The highest BCUT2D eigenvalue weighted by atomic mass is 16.3. The SMILES string of the molecule is Cc1oc(Cc2ccccc2O)c(C)c1C(=O)c1ccccc1. The number of benzene rings is 2. The number of hydrogen-bond acceptors (Lipinski definition) is 3. The van der Waals surface area contributed by atoms with Crippen LogP contribution in [0.4, 0.5) is 0 Å². The van der Waals surface area contributed by atoms with Gasteiger partial charge in [0.25, 0.3) is 0 Å². The van der Waals surface area contributed by atoms with Crippen LogP contribution in [0.2, 0.25) is 0 Å². The minimum atomic E-state index is -0.0344. The fraction of sp³-hybridized carbons (Fsp3) is 0.150. The standard InChI is InChI=1S/C20H18O3/c1-13-18(12-16-10-6-7-11-17(16)21)23-14(2)19(13)20(22)15-8-4-3-5-9-15/h3-11,21H,12H2,1-2H3. The van der Waals surface area contributed by atoms with Gasteiger partial charge in [0.2, 0.25) is 0 Å². The molecule has 0 spiro atoms. The van der Waals surface area contributed by atoms with Crippen molar-refractivity contribution in [3.05, 3.63) is 88.4 Å². The first-order valence-corrected chi connectivity index (χ1v) is 7.53. The highest BCUT2D eigenvalue weighted by Gasteiger charge is 2.22. The molecule has 0 unspecified atom stereocenters. The van der Waals surface area contributed by atoms with Gasteiger partial charge >= 0.3 is 0 Å². The zero-order valence-electron chi connectivity index (χ0n) is 13.2. The molecule has 0 atom stereocenters. The molecular weight excluding hydrogens is 288 g/mol. The molecule has 0 aliphatic heterocycles. The molecule has 3 rings (SSSR count). The van der Waals surface area contributed by atoms with E-state index in [4.69, 9.17) is 4.42 Å². The Balaban J connectivity index is 1.97. The predicted octanol–water partition coefficient (Wildman–Crippen LogP) is 4.42. The van der Waals surface area contributed by atoms with Gasteiger partial charge in [0.15, 0.2) is 5.78 Å². The van der Waals surface area contributed by atoms with E-state index in [1.165, 1.54) is 0 Å². The third-order valence-corrected chi connectivity index (χ3v) is 4.03. The summed E-state index contributed by atoms with van der Waals surface area (Å²) >= 11 is 0. The van der Waals surface area contributed by atoms with Crippen molar-refractivity contribution in [1.29, 1.82) is 0 Å². The molecule has 0 aliphatic rings. The largest absolute Gasteiger partial charge is 0.508 e. The molecule has 3 aromatic rings. The molecule has 0 fully saturated rings. The van der Waals surface area contributed by atoms with Gasteiger partial charge in [-0.25, -0.2) is 0 Å². The van der Waals surface area contributed by atoms with Crippen LogP contribution in [0.25, 0.3) is 0 Å². The summed E-state index contributed by atoms with van der Waals surface area (Å²) in [5.74, 6) is 1.52. The van der Waals surface area contributed by atoms with Crippen LogP contribution >= 0.6 is 0 Å². The molecule has 0 amide bonds. The van der Waals surface area contributed by atoms with Gasteiger partial charge in [-0.3, -0.25) is 4.79 Å². The van der Waals surface area contributed by atoms with Crippen molar-refractivity contribution in [2.24, 2.45) is 0 Å². The Labute approximate surface area is 135 Å². The summed E-state index contributed by atoms with van der Waals surface area (Å²) in [6.45, 7) is 3.69. The summed E-state index contributed by atoms with van der Waals surface area (Å²) in [5, 5.41) is 9.92. The summed E-state index contributed by atoms with van der Waals surface area (Å²) in [5.41, 5.74) is 2.87. The van der Waals surface area contributed by atoms with Crippen molar-refractivity contribution in [3.8, 4) is 5.75 Å². The molecule has 3 heteroatoms. The lowest BCUT2D eigenvalue weighted by Gasteiger charge is -2.03. The van der Waals surface area contributed by atoms with Crippen LogP contribution in [0.3, 0.4) is 0 Å². The number of carbonyl (C=O) groups is 1. The van der Waals surface area contributed by atoms with Gasteiger partial charge in [0.05, 0.1) is 5.56 Å². The van der Waals surface area contributed by atoms with E-state index in [2.05, 4.69) is 0 Å². The van der Waals surface area contributed by atoms with E-state index in [1.54, 1.807) is 31.2 Å². The molecule has 0 radical (unpaired) electrons. The molecule has 1 N–H and O–H groups in total. The van der Waals surface area contributed by atoms with Gasteiger partial charge in [0.1, 0.15) is 17.3 Å². The van der Waals surface area contributed by atoms with E-state index in [9.17, 15) is 9.90 Å². The molecule has 0 saturated carbocycles. The van der Waals surface area contributed by atoms with Gasteiger partial charge < -0.3 is 9.52 Å². The van der Waals surface area contributed by atoms with Gasteiger partial charge in [-0.15, -0.1) is 0 Å². The van der Waals surface area contributed by atoms with E-state index in [1.807, 2.05) is 37.3 Å². The van der Waals surface area contributed by atoms with Crippen LogP contribution in [-0.4, -0.2) is 10.9 Å². The van der Waals surface area contributed by atoms with Crippen molar-refractivity contribution in [1.82, 2.24) is 0 Å². The smallest absolute Gasteiger partial charge is 0.196 e. The molecule has 23 heavy (non-hydrogen) atoms. The maximum atomic E-state index is 12.7. The van der Waals surface area contributed by atoms with Crippen LogP contribution in [-0.2, 0) is 6.42 Å². The van der Waals surface area contributed by atoms with Crippen LogP contribution < -0.4 is 0 Å². The summed E-state index contributed by atoms with van der Waals surface area (Å²) in [6, 6.07) is 16.3. The number of aromatic hydroxyl groups is 1. The number of para-hydroxylation sites is 1. The molecule has 2 aromatic carbocycles. The monoisotopic (exact) mass is 306 g/mol. The first kappa shape index (κ1) is 15.1. The fourth-order valence-electron chi connectivity index (χ4n) is 2.78. The Morgan fingerprint density at radius 3 is 2.35 bits per heavy atom. The second kappa shape index (κ2) is 6.13. The maximum absolute atomic E-state index is 12.7. The predicted molar refractivity (Wildman–Crippen MR) is 89.0 cm³/mol. The maximum Gasteiger partial charge on any atom is 0.196 e. The van der Waals surface area contributed by atoms with Gasteiger partial charge in [-0.2, -0.15) is 0 Å². The van der Waals surface area contributed by atoms with Gasteiger partial charge in [-0.05, 0) is 19.9 Å². The molecule has 3 nitrogen and oxygen atoms in total. The van der Waals surface area contributed by atoms with Gasteiger partial charge in [0, 0.05) is 23.1 Å². The lowest BCUT2D eigenvalue weighted by Crippen LogP contribution is -2.03. The average molecular weight is 306 g/mol. The Morgan fingerprint density at radius 1 is 1.00 bits per heavy atom. The van der Waals surface area contributed by atoms with E-state index in [0.29, 0.717) is 29.1 Å². The summed E-state index contributed by atoms with van der Waals surface area (Å²) < 4.78 is 5.82. The normalized spacial score (nSPS) is 10.7. The van der Waals surface area contributed by atoms with E-state index < -0.39 is 0 Å². The Kier molecular flexibility index (Phi) is 4.02. The molecule has 1 heterocycles. The Bertz CT molecular complexity index is 845.